The quantitative estimate of drug-likeness (QED) is 0.0363. The summed E-state index contributed by atoms with van der Waals surface area (Å²) in [5.41, 5.74) is 2.22. The molecule has 12 fully saturated rings. The normalized spacial score (nSPS) is 31.8. The molecule has 12 bridgehead atoms. The summed E-state index contributed by atoms with van der Waals surface area (Å²) in [4.78, 5) is 114. The molecule has 27 heteroatoms. The fraction of sp³-hybridized carbons (Fsp3) is 0.659. The minimum atomic E-state index is -1.34. The molecule has 0 spiro atoms. The van der Waals surface area contributed by atoms with Crippen molar-refractivity contribution in [2.24, 2.45) is 51.0 Å². The molecule has 3 N–H and O–H groups in total. The summed E-state index contributed by atoms with van der Waals surface area (Å²) < 4.78 is 22.6. The largest absolute Gasteiger partial charge is 0.481 e. The Morgan fingerprint density at radius 2 is 0.722 bits per heavy atom. The maximum atomic E-state index is 14.1. The van der Waals surface area contributed by atoms with E-state index in [9.17, 15) is 44.1 Å². The lowest BCUT2D eigenvalue weighted by molar-refractivity contribution is -0.137. The van der Waals surface area contributed by atoms with Crippen LogP contribution in [0.1, 0.15) is 234 Å². The molecule has 0 amide bonds. The number of carboxylic acids is 3. The van der Waals surface area contributed by atoms with Crippen molar-refractivity contribution in [1.29, 1.82) is 0 Å². The van der Waals surface area contributed by atoms with Gasteiger partial charge in [0.15, 0.2) is 17.1 Å². The van der Waals surface area contributed by atoms with E-state index < -0.39 is 40.4 Å². The summed E-state index contributed by atoms with van der Waals surface area (Å²) >= 11 is 0. The zero-order valence-electron chi connectivity index (χ0n) is 67.1. The lowest BCUT2D eigenvalue weighted by Crippen LogP contribution is -2.62. The van der Waals surface area contributed by atoms with Gasteiger partial charge in [0.25, 0.3) is 16.7 Å². The van der Waals surface area contributed by atoms with Crippen LogP contribution in [-0.2, 0) is 43.1 Å². The van der Waals surface area contributed by atoms with Gasteiger partial charge in [-0.05, 0) is 181 Å². The molecule has 3 aromatic carbocycles. The molecule has 6 aromatic rings. The Morgan fingerprint density at radius 3 is 1.10 bits per heavy atom. The highest BCUT2D eigenvalue weighted by Gasteiger charge is 2.50. The number of hydrogen-bond donors (Lipinski definition) is 3. The minimum absolute atomic E-state index is 0.00781. The highest BCUT2D eigenvalue weighted by Crippen LogP contribution is 2.50. The third-order valence-corrected chi connectivity index (χ3v) is 28.3. The number of ether oxygens (including phenoxy) is 3. The smallest absolute Gasteiger partial charge is 0.360 e. The van der Waals surface area contributed by atoms with Gasteiger partial charge in [-0.25, -0.2) is 24.5 Å². The van der Waals surface area contributed by atoms with Crippen molar-refractivity contribution in [2.75, 3.05) is 61.0 Å². The standard InChI is InChI=1S/2C30H40N4O5.C28H36N4O5/c1-38-12-13-39-32-28(30(36)37)27-29(35)34(26-11-3-2-10-25(26)31-27)24-17-21-8-5-9-22(18-24)33(21)23-15-19-6-4-7-20(14-19)16-23;1-38-32-26(10-11-28(35)36)29-30(37)34(27-9-5-4-8-25(27)31-29)22-15-23-17-39-18-24(16-22)33(23)21-13-19-6-2-3-7-20(12-19)14-21;1-36-30-26(28(34)35)25-27(33)32(24-9-5-4-8-23(24)29-25)20-13-21-15-37-16-22(14-20)31(21)19-11-17-6-2-3-7-18(10-17)12-19/h2-3,10-11,19-24H,4-9,12-18H2,1H3,(H,36,37);4-5,8-9,19-24H,2-3,6-7,10-18H2,1H3,(H,35,36);4-5,8-9,17-22H,2-3,6-7,10-16H2,1H3,(H,34,35)/b32-28-;32-26+;30-26-. The van der Waals surface area contributed by atoms with E-state index >= 15 is 0 Å². The van der Waals surface area contributed by atoms with Crippen molar-refractivity contribution < 1.29 is 58.4 Å². The summed E-state index contributed by atoms with van der Waals surface area (Å²) in [7, 11) is 4.19. The van der Waals surface area contributed by atoms with Crippen LogP contribution in [0.15, 0.2) is 103 Å². The Hall–Kier alpha value is -8.34. The van der Waals surface area contributed by atoms with E-state index in [1.165, 1.54) is 169 Å². The average molecular weight is 1580 g/mol. The SMILES string of the molecule is CO/N=C(\C(=O)O)c1nc2ccccc2n(C2CC3COCC(C2)N3C2CC3CCCCC(C3)C2)c1=O.CO/N=C(\CCC(=O)O)c1nc2ccccc2n(C2CC3COCC(C2)N3C2CC3CCCCC(C3)C2)c1=O.COCCO/N=C(\C(=O)O)c1nc2ccccc2n(C2CC3CCCC(C2)N3C2CC3CCCC(C3)C2)c1=O. The van der Waals surface area contributed by atoms with Gasteiger partial charge in [0.05, 0.1) is 72.6 Å². The van der Waals surface area contributed by atoms with Crippen LogP contribution in [-0.4, -0.2) is 209 Å². The van der Waals surface area contributed by atoms with E-state index in [0.717, 1.165) is 90.6 Å². The van der Waals surface area contributed by atoms with Crippen molar-refractivity contribution in [3.05, 3.63) is 121 Å². The molecule has 12 aliphatic rings. The van der Waals surface area contributed by atoms with Gasteiger partial charge in [-0.1, -0.05) is 129 Å². The van der Waals surface area contributed by atoms with Crippen LogP contribution >= 0.6 is 0 Å². The summed E-state index contributed by atoms with van der Waals surface area (Å²) in [6.45, 7) is 3.11. The third kappa shape index (κ3) is 17.4. The second kappa shape index (κ2) is 36.3. The van der Waals surface area contributed by atoms with Crippen LogP contribution in [0.3, 0.4) is 0 Å². The fourth-order valence-electron chi connectivity index (χ4n) is 24.1. The van der Waals surface area contributed by atoms with Gasteiger partial charge in [-0.3, -0.25) is 33.9 Å². The number of nitrogens with zero attached hydrogens (tertiary/aromatic N) is 12. The Kier molecular flexibility index (Phi) is 25.4. The molecule has 0 radical (unpaired) electrons. The van der Waals surface area contributed by atoms with E-state index in [1.807, 2.05) is 81.9 Å². The van der Waals surface area contributed by atoms with Crippen molar-refractivity contribution in [3.8, 4) is 0 Å². The van der Waals surface area contributed by atoms with Crippen LogP contribution in [0.4, 0.5) is 0 Å². The third-order valence-electron chi connectivity index (χ3n) is 28.3. The van der Waals surface area contributed by atoms with E-state index in [2.05, 4.69) is 45.1 Å². The van der Waals surface area contributed by atoms with E-state index in [1.54, 1.807) is 4.57 Å². The number of carboxylic acid groups (broad SMARTS) is 3. The predicted octanol–water partition coefficient (Wildman–Crippen LogP) is 12.3. The first-order valence-corrected chi connectivity index (χ1v) is 43.2. The molecule has 12 atom stereocenters. The number of hydrogen-bond acceptors (Lipinski definition) is 21. The van der Waals surface area contributed by atoms with Crippen LogP contribution in [0.5, 0.6) is 0 Å². The van der Waals surface area contributed by atoms with Gasteiger partial charge in [0, 0.05) is 86.0 Å². The van der Waals surface area contributed by atoms with Gasteiger partial charge in [0.1, 0.15) is 26.5 Å². The lowest BCUT2D eigenvalue weighted by atomic mass is 9.68. The number of benzene rings is 3. The van der Waals surface area contributed by atoms with Crippen LogP contribution in [0.25, 0.3) is 33.1 Å². The number of aliphatic carboxylic acids is 3. The molecule has 115 heavy (non-hydrogen) atoms. The van der Waals surface area contributed by atoms with Gasteiger partial charge < -0.3 is 57.7 Å². The number of rotatable bonds is 20. The zero-order valence-corrected chi connectivity index (χ0v) is 67.1. The highest BCUT2D eigenvalue weighted by atomic mass is 16.6. The molecule has 6 aliphatic heterocycles. The molecule has 3 aromatic heterocycles. The maximum Gasteiger partial charge on any atom is 0.360 e. The Morgan fingerprint density at radius 1 is 0.383 bits per heavy atom. The molecule has 9 heterocycles. The van der Waals surface area contributed by atoms with E-state index in [0.29, 0.717) is 73.2 Å². The summed E-state index contributed by atoms with van der Waals surface area (Å²) in [5, 5.41) is 40.4. The summed E-state index contributed by atoms with van der Waals surface area (Å²) in [6, 6.07) is 26.5. The van der Waals surface area contributed by atoms with Gasteiger partial charge in [0.2, 0.25) is 11.4 Å². The second-order valence-corrected chi connectivity index (χ2v) is 35.4. The summed E-state index contributed by atoms with van der Waals surface area (Å²) in [6.07, 6.45) is 35.8. The monoisotopic (exact) mass is 1580 g/mol. The number of fused-ring (bicyclic) bond motifs is 15. The minimum Gasteiger partial charge on any atom is -0.481 e. The molecular formula is C88H116N12O15. The first-order chi connectivity index (χ1) is 56.1. The molecule has 6 saturated carbocycles. The molecule has 6 aliphatic carbocycles. The van der Waals surface area contributed by atoms with Crippen molar-refractivity contribution in [3.63, 3.8) is 0 Å². The highest BCUT2D eigenvalue weighted by molar-refractivity contribution is 6.42. The van der Waals surface area contributed by atoms with E-state index in [-0.39, 0.29) is 96.7 Å². The van der Waals surface area contributed by atoms with Crippen LogP contribution in [0, 0.1) is 35.5 Å². The lowest BCUT2D eigenvalue weighted by Gasteiger charge is -2.55. The number of piperidine rings is 4. The van der Waals surface area contributed by atoms with Crippen molar-refractivity contribution in [1.82, 2.24) is 43.4 Å². The Balaban J connectivity index is 0.000000130. The number of para-hydroxylation sites is 6. The fourth-order valence-corrected chi connectivity index (χ4v) is 24.1. The Bertz CT molecular complexity index is 4690. The predicted molar refractivity (Wildman–Crippen MR) is 435 cm³/mol. The topological polar surface area (TPSA) is 319 Å². The van der Waals surface area contributed by atoms with E-state index in [4.69, 9.17) is 28.7 Å². The van der Waals surface area contributed by atoms with Gasteiger partial charge in [-0.15, -0.1) is 0 Å². The second-order valence-electron chi connectivity index (χ2n) is 35.4. The maximum absolute atomic E-state index is 14.1. The van der Waals surface area contributed by atoms with Gasteiger partial charge in [-0.2, -0.15) is 0 Å². The first-order valence-electron chi connectivity index (χ1n) is 43.2. The molecular weight excluding hydrogens is 1470 g/mol. The molecule has 27 nitrogen and oxygen atoms in total. The van der Waals surface area contributed by atoms with Crippen LogP contribution in [0.2, 0.25) is 0 Å². The van der Waals surface area contributed by atoms with Gasteiger partial charge >= 0.3 is 17.9 Å². The number of aromatic nitrogens is 6. The Labute approximate surface area is 671 Å². The molecule has 12 unspecified atom stereocenters. The molecule has 6 saturated heterocycles. The number of oxime groups is 3. The number of morpholine rings is 2. The van der Waals surface area contributed by atoms with Crippen LogP contribution < -0.4 is 16.7 Å². The first kappa shape index (κ1) is 80.5. The number of carbonyl (C=O) groups is 3. The summed E-state index contributed by atoms with van der Waals surface area (Å²) in [5.74, 6) is 1.53. The zero-order chi connectivity index (χ0) is 79.4. The van der Waals surface area contributed by atoms with Crippen molar-refractivity contribution >= 4 is 68.1 Å². The molecule has 18 rings (SSSR count). The molecule has 618 valence electrons. The number of methoxy groups -OCH3 is 1. The van der Waals surface area contributed by atoms with Crippen molar-refractivity contribution in [2.45, 2.75) is 272 Å². The average Bonchev–Trinajstić information content (AvgIpc) is 1.66.